The molecule has 0 aromatic carbocycles. The van der Waals surface area contributed by atoms with Crippen molar-refractivity contribution >= 4 is 5.91 Å². The van der Waals surface area contributed by atoms with E-state index in [4.69, 9.17) is 0 Å². The van der Waals surface area contributed by atoms with Gasteiger partial charge in [0.2, 0.25) is 5.91 Å². The van der Waals surface area contributed by atoms with Crippen molar-refractivity contribution in [3.05, 3.63) is 0 Å². The summed E-state index contributed by atoms with van der Waals surface area (Å²) in [5.41, 5.74) is 0. The van der Waals surface area contributed by atoms with Crippen LogP contribution >= 0.6 is 0 Å². The van der Waals surface area contributed by atoms with Gasteiger partial charge in [-0.2, -0.15) is 0 Å². The average molecular weight is 270 g/mol. The summed E-state index contributed by atoms with van der Waals surface area (Å²) in [5.74, 6) is 0.154. The van der Waals surface area contributed by atoms with Gasteiger partial charge in [0.15, 0.2) is 0 Å². The van der Waals surface area contributed by atoms with Crippen molar-refractivity contribution in [3.63, 3.8) is 0 Å². The summed E-state index contributed by atoms with van der Waals surface area (Å²) in [4.78, 5) is 16.6. The van der Waals surface area contributed by atoms with Gasteiger partial charge in [-0.3, -0.25) is 9.69 Å². The SMILES string of the molecule is CCN(CC)CC(C)NC(=O)CN1CCCNCC1. The van der Waals surface area contributed by atoms with Crippen molar-refractivity contribution in [1.82, 2.24) is 20.4 Å². The number of hydrogen-bond donors (Lipinski definition) is 2. The molecule has 0 aromatic rings. The molecule has 0 aliphatic carbocycles. The smallest absolute Gasteiger partial charge is 0.234 e. The number of nitrogens with one attached hydrogen (secondary N) is 2. The molecule has 0 saturated carbocycles. The lowest BCUT2D eigenvalue weighted by Gasteiger charge is -2.25. The highest BCUT2D eigenvalue weighted by Crippen LogP contribution is 1.96. The summed E-state index contributed by atoms with van der Waals surface area (Å²) in [6, 6.07) is 0.220. The third-order valence-corrected chi connectivity index (χ3v) is 3.63. The lowest BCUT2D eigenvalue weighted by Crippen LogP contribution is -2.46. The van der Waals surface area contributed by atoms with E-state index in [0.29, 0.717) is 6.54 Å². The van der Waals surface area contributed by atoms with E-state index >= 15 is 0 Å². The molecule has 0 spiro atoms. The van der Waals surface area contributed by atoms with Crippen LogP contribution in [-0.2, 0) is 4.79 Å². The standard InChI is InChI=1S/C14H30N4O/c1-4-17(5-2)11-13(3)16-14(19)12-18-9-6-7-15-8-10-18/h13,15H,4-12H2,1-3H3,(H,16,19). The van der Waals surface area contributed by atoms with Gasteiger partial charge in [-0.25, -0.2) is 0 Å². The Balaban J connectivity index is 2.25. The van der Waals surface area contributed by atoms with Crippen LogP contribution in [0, 0.1) is 0 Å². The summed E-state index contributed by atoms with van der Waals surface area (Å²) < 4.78 is 0. The zero-order chi connectivity index (χ0) is 14.1. The molecule has 1 heterocycles. The highest BCUT2D eigenvalue weighted by Gasteiger charge is 2.15. The van der Waals surface area contributed by atoms with E-state index in [2.05, 4.69) is 41.2 Å². The second kappa shape index (κ2) is 9.28. The number of carbonyl (C=O) groups is 1. The van der Waals surface area contributed by atoms with Gasteiger partial charge < -0.3 is 15.5 Å². The van der Waals surface area contributed by atoms with Crippen LogP contribution in [0.3, 0.4) is 0 Å². The highest BCUT2D eigenvalue weighted by atomic mass is 16.2. The number of likely N-dealkylation sites (N-methyl/N-ethyl adjacent to an activating group) is 1. The van der Waals surface area contributed by atoms with E-state index in [-0.39, 0.29) is 11.9 Å². The summed E-state index contributed by atoms with van der Waals surface area (Å²) in [7, 11) is 0. The number of rotatable bonds is 7. The molecule has 5 nitrogen and oxygen atoms in total. The molecule has 0 bridgehead atoms. The third kappa shape index (κ3) is 6.89. The van der Waals surface area contributed by atoms with Gasteiger partial charge in [0.25, 0.3) is 0 Å². The minimum atomic E-state index is 0.154. The van der Waals surface area contributed by atoms with Crippen LogP contribution in [0.1, 0.15) is 27.2 Å². The Labute approximate surface area is 117 Å². The van der Waals surface area contributed by atoms with Crippen LogP contribution in [0.25, 0.3) is 0 Å². The van der Waals surface area contributed by atoms with Crippen molar-refractivity contribution in [2.45, 2.75) is 33.2 Å². The molecule has 112 valence electrons. The molecule has 2 N–H and O–H groups in total. The first-order valence-corrected chi connectivity index (χ1v) is 7.60. The monoisotopic (exact) mass is 270 g/mol. The molecule has 1 saturated heterocycles. The van der Waals surface area contributed by atoms with E-state index in [1.165, 1.54) is 0 Å². The van der Waals surface area contributed by atoms with Gasteiger partial charge in [-0.05, 0) is 39.5 Å². The molecule has 1 atom stereocenters. The van der Waals surface area contributed by atoms with Gasteiger partial charge in [0, 0.05) is 25.7 Å². The second-order valence-electron chi connectivity index (χ2n) is 5.33. The predicted octanol–water partition coefficient (Wildman–Crippen LogP) is 0.128. The molecule has 1 unspecified atom stereocenters. The van der Waals surface area contributed by atoms with Crippen molar-refractivity contribution < 1.29 is 4.79 Å². The number of hydrogen-bond acceptors (Lipinski definition) is 4. The molecule has 1 amide bonds. The Bertz CT molecular complexity index is 248. The largest absolute Gasteiger partial charge is 0.351 e. The molecule has 1 fully saturated rings. The van der Waals surface area contributed by atoms with E-state index in [9.17, 15) is 4.79 Å². The number of nitrogens with zero attached hydrogens (tertiary/aromatic N) is 2. The predicted molar refractivity (Wildman–Crippen MR) is 79.3 cm³/mol. The first kappa shape index (κ1) is 16.4. The fraction of sp³-hybridized carbons (Fsp3) is 0.929. The van der Waals surface area contributed by atoms with E-state index in [1.807, 2.05) is 0 Å². The maximum absolute atomic E-state index is 12.0. The van der Waals surface area contributed by atoms with Crippen LogP contribution < -0.4 is 10.6 Å². The molecular formula is C14H30N4O. The van der Waals surface area contributed by atoms with Crippen molar-refractivity contribution in [2.24, 2.45) is 0 Å². The molecule has 1 aliphatic heterocycles. The van der Waals surface area contributed by atoms with Gasteiger partial charge in [-0.1, -0.05) is 13.8 Å². The Morgan fingerprint density at radius 2 is 2.05 bits per heavy atom. The van der Waals surface area contributed by atoms with Crippen LogP contribution in [-0.4, -0.2) is 74.1 Å². The molecule has 1 rings (SSSR count). The first-order valence-electron chi connectivity index (χ1n) is 7.60. The lowest BCUT2D eigenvalue weighted by molar-refractivity contribution is -0.122. The molecule has 19 heavy (non-hydrogen) atoms. The van der Waals surface area contributed by atoms with Crippen LogP contribution in [0.15, 0.2) is 0 Å². The molecule has 0 radical (unpaired) electrons. The summed E-state index contributed by atoms with van der Waals surface area (Å²) in [6.45, 7) is 14.0. The van der Waals surface area contributed by atoms with E-state index < -0.39 is 0 Å². The number of carbonyl (C=O) groups excluding carboxylic acids is 1. The van der Waals surface area contributed by atoms with Crippen LogP contribution in [0.4, 0.5) is 0 Å². The third-order valence-electron chi connectivity index (χ3n) is 3.63. The molecule has 1 aliphatic rings. The first-order chi connectivity index (χ1) is 9.15. The fourth-order valence-corrected chi connectivity index (χ4v) is 2.50. The van der Waals surface area contributed by atoms with Gasteiger partial charge in [0.05, 0.1) is 6.54 Å². The van der Waals surface area contributed by atoms with Gasteiger partial charge in [-0.15, -0.1) is 0 Å². The van der Waals surface area contributed by atoms with Crippen LogP contribution in [0.5, 0.6) is 0 Å². The Morgan fingerprint density at radius 1 is 1.32 bits per heavy atom. The molecule has 0 aromatic heterocycles. The number of amides is 1. The zero-order valence-electron chi connectivity index (χ0n) is 12.7. The normalized spacial score (nSPS) is 19.2. The van der Waals surface area contributed by atoms with Gasteiger partial charge in [0.1, 0.15) is 0 Å². The minimum Gasteiger partial charge on any atom is -0.351 e. The summed E-state index contributed by atoms with van der Waals surface area (Å²) >= 11 is 0. The summed E-state index contributed by atoms with van der Waals surface area (Å²) in [6.07, 6.45) is 1.13. The molecular weight excluding hydrogens is 240 g/mol. The van der Waals surface area contributed by atoms with E-state index in [0.717, 1.165) is 52.2 Å². The van der Waals surface area contributed by atoms with Gasteiger partial charge >= 0.3 is 0 Å². The molecule has 5 heteroatoms. The van der Waals surface area contributed by atoms with E-state index in [1.54, 1.807) is 0 Å². The van der Waals surface area contributed by atoms with Crippen LogP contribution in [0.2, 0.25) is 0 Å². The van der Waals surface area contributed by atoms with Crippen molar-refractivity contribution in [3.8, 4) is 0 Å². The van der Waals surface area contributed by atoms with Crippen molar-refractivity contribution in [1.29, 1.82) is 0 Å². The second-order valence-corrected chi connectivity index (χ2v) is 5.33. The topological polar surface area (TPSA) is 47.6 Å². The maximum atomic E-state index is 12.0. The zero-order valence-corrected chi connectivity index (χ0v) is 12.7. The lowest BCUT2D eigenvalue weighted by atomic mass is 10.3. The quantitative estimate of drug-likeness (QED) is 0.690. The Kier molecular flexibility index (Phi) is 8.02. The minimum absolute atomic E-state index is 0.154. The highest BCUT2D eigenvalue weighted by molar-refractivity contribution is 5.78. The maximum Gasteiger partial charge on any atom is 0.234 e. The average Bonchev–Trinajstić information content (AvgIpc) is 2.64. The summed E-state index contributed by atoms with van der Waals surface area (Å²) in [5, 5.41) is 6.46. The fourth-order valence-electron chi connectivity index (χ4n) is 2.50. The Hall–Kier alpha value is -0.650. The Morgan fingerprint density at radius 3 is 2.74 bits per heavy atom. The van der Waals surface area contributed by atoms with Crippen molar-refractivity contribution in [2.75, 3.05) is 52.4 Å².